The Morgan fingerprint density at radius 3 is 2.41 bits per heavy atom. The highest BCUT2D eigenvalue weighted by atomic mass is 16.5. The second kappa shape index (κ2) is 13.2. The Morgan fingerprint density at radius 2 is 1.74 bits per heavy atom. The normalized spacial score (nSPS) is 14.9. The maximum atomic E-state index is 13.4. The van der Waals surface area contributed by atoms with Crippen LogP contribution in [-0.2, 0) is 16.1 Å². The molecule has 1 fully saturated rings. The van der Waals surface area contributed by atoms with Gasteiger partial charge >= 0.3 is 0 Å². The van der Waals surface area contributed by atoms with Crippen LogP contribution >= 0.6 is 0 Å². The smallest absolute Gasteiger partial charge is 0.243 e. The van der Waals surface area contributed by atoms with Gasteiger partial charge in [0.05, 0.1) is 6.61 Å². The minimum atomic E-state index is -0.466. The van der Waals surface area contributed by atoms with Crippen molar-refractivity contribution in [1.82, 2.24) is 10.2 Å². The van der Waals surface area contributed by atoms with Crippen molar-refractivity contribution >= 4 is 11.8 Å². The number of rotatable bonds is 11. The molecule has 0 radical (unpaired) electrons. The van der Waals surface area contributed by atoms with Crippen molar-refractivity contribution in [2.45, 2.75) is 90.8 Å². The molecule has 1 saturated carbocycles. The zero-order chi connectivity index (χ0) is 24.3. The Hall–Kier alpha value is -2.82. The Bertz CT molecular complexity index is 919. The molecule has 0 spiro atoms. The van der Waals surface area contributed by atoms with Crippen LogP contribution in [0.5, 0.6) is 5.75 Å². The summed E-state index contributed by atoms with van der Waals surface area (Å²) in [5.74, 6) is 0.793. The highest BCUT2D eigenvalue weighted by Crippen LogP contribution is 2.20. The van der Waals surface area contributed by atoms with Gasteiger partial charge in [-0.3, -0.25) is 9.59 Å². The zero-order valence-electron chi connectivity index (χ0n) is 21.0. The van der Waals surface area contributed by atoms with Crippen molar-refractivity contribution in [3.8, 4) is 5.75 Å². The second-order valence-electron chi connectivity index (χ2n) is 9.48. The molecule has 1 aliphatic rings. The minimum absolute atomic E-state index is 0.00130. The average molecular weight is 465 g/mol. The van der Waals surface area contributed by atoms with Gasteiger partial charge in [0.1, 0.15) is 11.8 Å². The van der Waals surface area contributed by atoms with E-state index < -0.39 is 6.04 Å². The summed E-state index contributed by atoms with van der Waals surface area (Å²) in [6.45, 7) is 7.00. The highest BCUT2D eigenvalue weighted by Gasteiger charge is 2.30. The summed E-state index contributed by atoms with van der Waals surface area (Å²) in [5.41, 5.74) is 3.40. The van der Waals surface area contributed by atoms with Crippen LogP contribution in [0.25, 0.3) is 0 Å². The van der Waals surface area contributed by atoms with Crippen LogP contribution in [0, 0.1) is 13.8 Å². The van der Waals surface area contributed by atoms with Gasteiger partial charge in [-0.15, -0.1) is 0 Å². The number of aryl methyl sites for hydroxylation is 2. The minimum Gasteiger partial charge on any atom is -0.494 e. The van der Waals surface area contributed by atoms with Crippen molar-refractivity contribution in [1.29, 1.82) is 0 Å². The van der Waals surface area contributed by atoms with Crippen molar-refractivity contribution < 1.29 is 14.3 Å². The third-order valence-electron chi connectivity index (χ3n) is 6.76. The largest absolute Gasteiger partial charge is 0.494 e. The van der Waals surface area contributed by atoms with Crippen molar-refractivity contribution in [2.24, 2.45) is 0 Å². The number of hydrogen-bond donors (Lipinski definition) is 1. The van der Waals surface area contributed by atoms with Gasteiger partial charge in [0.2, 0.25) is 11.8 Å². The number of nitrogens with one attached hydrogen (secondary N) is 1. The molecule has 3 rings (SSSR count). The lowest BCUT2D eigenvalue weighted by Gasteiger charge is -2.33. The lowest BCUT2D eigenvalue weighted by Crippen LogP contribution is -2.51. The molecule has 0 heterocycles. The first-order chi connectivity index (χ1) is 16.5. The molecule has 1 N–H and O–H groups in total. The lowest BCUT2D eigenvalue weighted by molar-refractivity contribution is -0.142. The molecule has 2 amide bonds. The fourth-order valence-electron chi connectivity index (χ4n) is 4.63. The summed E-state index contributed by atoms with van der Waals surface area (Å²) in [7, 11) is 0. The number of amides is 2. The monoisotopic (exact) mass is 464 g/mol. The van der Waals surface area contributed by atoms with Gasteiger partial charge in [0, 0.05) is 19.0 Å². The molecule has 0 saturated heterocycles. The predicted molar refractivity (Wildman–Crippen MR) is 137 cm³/mol. The summed E-state index contributed by atoms with van der Waals surface area (Å²) >= 11 is 0. The number of ether oxygens (including phenoxy) is 1. The van der Waals surface area contributed by atoms with Crippen LogP contribution in [0.1, 0.15) is 75.0 Å². The second-order valence-corrected chi connectivity index (χ2v) is 9.48. The van der Waals surface area contributed by atoms with Crippen molar-refractivity contribution in [3.63, 3.8) is 0 Å². The van der Waals surface area contributed by atoms with E-state index in [2.05, 4.69) is 18.3 Å². The van der Waals surface area contributed by atoms with Crippen LogP contribution in [0.4, 0.5) is 0 Å². The molecule has 34 heavy (non-hydrogen) atoms. The molecule has 2 aromatic carbocycles. The maximum Gasteiger partial charge on any atom is 0.243 e. The summed E-state index contributed by atoms with van der Waals surface area (Å²) < 4.78 is 5.81. The average Bonchev–Trinajstić information content (AvgIpc) is 2.84. The summed E-state index contributed by atoms with van der Waals surface area (Å²) in [4.78, 5) is 28.5. The predicted octanol–water partition coefficient (Wildman–Crippen LogP) is 5.72. The van der Waals surface area contributed by atoms with Gasteiger partial charge in [-0.25, -0.2) is 0 Å². The molecule has 5 heteroatoms. The Kier molecular flexibility index (Phi) is 9.99. The quantitative estimate of drug-likeness (QED) is 0.433. The molecular formula is C29H40N2O3. The maximum absolute atomic E-state index is 13.4. The molecule has 0 aromatic heterocycles. The molecule has 1 atom stereocenters. The molecule has 0 aliphatic heterocycles. The first-order valence-corrected chi connectivity index (χ1v) is 12.8. The SMILES string of the molecule is CC[C@H](C(=O)NC1CCCCC1)N(Cc1ccccc1C)C(=O)CCCOc1ccc(C)cc1. The lowest BCUT2D eigenvalue weighted by atomic mass is 9.95. The number of carbonyl (C=O) groups is 2. The Morgan fingerprint density at radius 1 is 1.03 bits per heavy atom. The molecule has 1 aliphatic carbocycles. The van der Waals surface area contributed by atoms with E-state index in [4.69, 9.17) is 4.74 Å². The van der Waals surface area contributed by atoms with Crippen LogP contribution < -0.4 is 10.1 Å². The van der Waals surface area contributed by atoms with Gasteiger partial charge in [0.25, 0.3) is 0 Å². The third-order valence-corrected chi connectivity index (χ3v) is 6.76. The fraction of sp³-hybridized carbons (Fsp3) is 0.517. The third kappa shape index (κ3) is 7.61. The first kappa shape index (κ1) is 25.8. The van der Waals surface area contributed by atoms with E-state index in [9.17, 15) is 9.59 Å². The molecule has 184 valence electrons. The summed E-state index contributed by atoms with van der Waals surface area (Å²) in [6.07, 6.45) is 7.18. The number of hydrogen-bond acceptors (Lipinski definition) is 3. The van der Waals surface area contributed by atoms with Crippen molar-refractivity contribution in [2.75, 3.05) is 6.61 Å². The van der Waals surface area contributed by atoms with Gasteiger partial charge < -0.3 is 15.0 Å². The highest BCUT2D eigenvalue weighted by molar-refractivity contribution is 5.87. The van der Waals surface area contributed by atoms with Gasteiger partial charge in [-0.05, 0) is 62.8 Å². The van der Waals surface area contributed by atoms with E-state index in [0.717, 1.165) is 42.6 Å². The molecule has 5 nitrogen and oxygen atoms in total. The number of carbonyl (C=O) groups excluding carboxylic acids is 2. The topological polar surface area (TPSA) is 58.6 Å². The van der Waals surface area contributed by atoms with E-state index in [1.54, 1.807) is 4.90 Å². The van der Waals surface area contributed by atoms with Crippen LogP contribution in [0.3, 0.4) is 0 Å². The summed E-state index contributed by atoms with van der Waals surface area (Å²) in [6, 6.07) is 15.8. The van der Waals surface area contributed by atoms with E-state index in [0.29, 0.717) is 32.4 Å². The Balaban J connectivity index is 1.65. The number of nitrogens with zero attached hydrogens (tertiary/aromatic N) is 1. The van der Waals surface area contributed by atoms with E-state index in [-0.39, 0.29) is 17.9 Å². The van der Waals surface area contributed by atoms with E-state index >= 15 is 0 Å². The van der Waals surface area contributed by atoms with Crippen LogP contribution in [0.15, 0.2) is 48.5 Å². The van der Waals surface area contributed by atoms with Gasteiger partial charge in [-0.2, -0.15) is 0 Å². The van der Waals surface area contributed by atoms with E-state index in [1.165, 1.54) is 12.0 Å². The zero-order valence-corrected chi connectivity index (χ0v) is 21.0. The standard InChI is InChI=1S/C29H40N2O3/c1-4-27(29(33)30-25-13-6-5-7-14-25)31(21-24-12-9-8-11-23(24)3)28(32)15-10-20-34-26-18-16-22(2)17-19-26/h8-9,11-12,16-19,25,27H,4-7,10,13-15,20-21H2,1-3H3,(H,30,33)/t27-/m1/s1. The van der Waals surface area contributed by atoms with Crippen LogP contribution in [0.2, 0.25) is 0 Å². The summed E-state index contributed by atoms with van der Waals surface area (Å²) in [5, 5.41) is 3.24. The molecule has 0 bridgehead atoms. The number of benzene rings is 2. The molecule has 0 unspecified atom stereocenters. The van der Waals surface area contributed by atoms with Gasteiger partial charge in [-0.1, -0.05) is 68.1 Å². The van der Waals surface area contributed by atoms with Crippen LogP contribution in [-0.4, -0.2) is 35.4 Å². The van der Waals surface area contributed by atoms with Crippen molar-refractivity contribution in [3.05, 3.63) is 65.2 Å². The van der Waals surface area contributed by atoms with Gasteiger partial charge in [0.15, 0.2) is 0 Å². The Labute approximate surface area is 204 Å². The molecular weight excluding hydrogens is 424 g/mol. The molecule has 2 aromatic rings. The first-order valence-electron chi connectivity index (χ1n) is 12.8. The fourth-order valence-corrected chi connectivity index (χ4v) is 4.63. The van der Waals surface area contributed by atoms with E-state index in [1.807, 2.05) is 56.3 Å².